The Morgan fingerprint density at radius 1 is 1.04 bits per heavy atom. The van der Waals surface area contributed by atoms with E-state index in [2.05, 4.69) is 10.6 Å². The Balaban J connectivity index is 1.55. The summed E-state index contributed by atoms with van der Waals surface area (Å²) in [5.74, 6) is -0.268. The fraction of sp³-hybridized carbons (Fsp3) is 0.263. The summed E-state index contributed by atoms with van der Waals surface area (Å²) in [6, 6.07) is 12.9. The lowest BCUT2D eigenvalue weighted by Crippen LogP contribution is -2.35. The molecule has 0 saturated heterocycles. The van der Waals surface area contributed by atoms with Crippen molar-refractivity contribution in [2.75, 3.05) is 11.9 Å². The van der Waals surface area contributed by atoms with Crippen LogP contribution in [0.2, 0.25) is 0 Å². The van der Waals surface area contributed by atoms with Gasteiger partial charge in [0.05, 0.1) is 0 Å². The standard InChI is InChI=1S/C19H19FN2O2/c1-13(23)14-2-8-17(9-3-14)22-18(24)21-12-19(10-11-19)15-4-6-16(20)7-5-15/h2-9H,10-12H2,1H3,(H2,21,22,24). The number of amides is 2. The van der Waals surface area contributed by atoms with Crippen LogP contribution in [0.25, 0.3) is 0 Å². The molecule has 1 aliphatic carbocycles. The zero-order valence-corrected chi connectivity index (χ0v) is 13.4. The highest BCUT2D eigenvalue weighted by molar-refractivity contribution is 5.95. The molecule has 2 aromatic carbocycles. The number of carbonyl (C=O) groups is 2. The van der Waals surface area contributed by atoms with Crippen molar-refractivity contribution < 1.29 is 14.0 Å². The van der Waals surface area contributed by atoms with E-state index in [1.54, 1.807) is 36.4 Å². The molecule has 1 saturated carbocycles. The van der Waals surface area contributed by atoms with Gasteiger partial charge < -0.3 is 10.6 Å². The highest BCUT2D eigenvalue weighted by atomic mass is 19.1. The number of nitrogens with one attached hydrogen (secondary N) is 2. The molecule has 0 aliphatic heterocycles. The number of rotatable bonds is 5. The molecule has 0 radical (unpaired) electrons. The van der Waals surface area contributed by atoms with Crippen molar-refractivity contribution in [1.29, 1.82) is 0 Å². The minimum absolute atomic E-state index is 0.0130. The van der Waals surface area contributed by atoms with Gasteiger partial charge in [0.1, 0.15) is 5.82 Å². The van der Waals surface area contributed by atoms with Gasteiger partial charge >= 0.3 is 6.03 Å². The number of ketones is 1. The van der Waals surface area contributed by atoms with Crippen molar-refractivity contribution in [2.24, 2.45) is 0 Å². The van der Waals surface area contributed by atoms with Gasteiger partial charge in [-0.1, -0.05) is 12.1 Å². The van der Waals surface area contributed by atoms with E-state index in [-0.39, 0.29) is 23.0 Å². The van der Waals surface area contributed by atoms with Crippen molar-refractivity contribution in [3.8, 4) is 0 Å². The Hall–Kier alpha value is -2.69. The molecule has 2 aromatic rings. The second kappa shape index (κ2) is 6.43. The van der Waals surface area contributed by atoms with Gasteiger partial charge in [-0.3, -0.25) is 4.79 Å². The molecule has 0 bridgehead atoms. The Kier molecular flexibility index (Phi) is 4.34. The van der Waals surface area contributed by atoms with Gasteiger partial charge in [0.15, 0.2) is 5.78 Å². The van der Waals surface area contributed by atoms with E-state index in [0.29, 0.717) is 17.8 Å². The fourth-order valence-electron chi connectivity index (χ4n) is 2.73. The molecular formula is C19H19FN2O2. The monoisotopic (exact) mass is 326 g/mol. The number of Topliss-reactive ketones (excluding diaryl/α,β-unsaturated/α-hetero) is 1. The predicted molar refractivity (Wildman–Crippen MR) is 90.8 cm³/mol. The summed E-state index contributed by atoms with van der Waals surface area (Å²) in [5.41, 5.74) is 2.21. The number of halogens is 1. The Bertz CT molecular complexity index is 750. The zero-order valence-electron chi connectivity index (χ0n) is 13.4. The highest BCUT2D eigenvalue weighted by Crippen LogP contribution is 2.47. The van der Waals surface area contributed by atoms with Crippen LogP contribution in [0, 0.1) is 5.82 Å². The van der Waals surface area contributed by atoms with Crippen molar-refractivity contribution >= 4 is 17.5 Å². The lowest BCUT2D eigenvalue weighted by atomic mass is 9.96. The summed E-state index contributed by atoms with van der Waals surface area (Å²) in [5, 5.41) is 5.62. The van der Waals surface area contributed by atoms with E-state index in [9.17, 15) is 14.0 Å². The number of carbonyl (C=O) groups excluding carboxylic acids is 2. The quantitative estimate of drug-likeness (QED) is 0.819. The third-order valence-corrected chi connectivity index (χ3v) is 4.45. The predicted octanol–water partition coefficient (Wildman–Crippen LogP) is 3.88. The molecule has 5 heteroatoms. The first kappa shape index (κ1) is 16.2. The van der Waals surface area contributed by atoms with Gasteiger partial charge in [-0.05, 0) is 61.7 Å². The molecular weight excluding hydrogens is 307 g/mol. The number of urea groups is 1. The lowest BCUT2D eigenvalue weighted by molar-refractivity contribution is 0.101. The molecule has 0 spiro atoms. The zero-order chi connectivity index (χ0) is 17.2. The lowest BCUT2D eigenvalue weighted by Gasteiger charge is -2.17. The van der Waals surface area contributed by atoms with E-state index in [1.165, 1.54) is 19.1 Å². The summed E-state index contributed by atoms with van der Waals surface area (Å²) in [6.07, 6.45) is 1.96. The first-order chi connectivity index (χ1) is 11.5. The molecule has 0 unspecified atom stereocenters. The maximum atomic E-state index is 13.0. The van der Waals surface area contributed by atoms with Gasteiger partial charge in [-0.2, -0.15) is 0 Å². The van der Waals surface area contributed by atoms with Crippen LogP contribution in [0.15, 0.2) is 48.5 Å². The van der Waals surface area contributed by atoms with Crippen molar-refractivity contribution in [3.05, 3.63) is 65.5 Å². The molecule has 0 atom stereocenters. The van der Waals surface area contributed by atoms with Crippen LogP contribution in [0.1, 0.15) is 35.7 Å². The van der Waals surface area contributed by atoms with Gasteiger partial charge in [0.25, 0.3) is 0 Å². The minimum atomic E-state index is -0.293. The number of anilines is 1. The van der Waals surface area contributed by atoms with Gasteiger partial charge in [0.2, 0.25) is 0 Å². The minimum Gasteiger partial charge on any atom is -0.337 e. The SMILES string of the molecule is CC(=O)c1ccc(NC(=O)NCC2(c3ccc(F)cc3)CC2)cc1. The summed E-state index contributed by atoms with van der Waals surface area (Å²) in [6.45, 7) is 2.01. The van der Waals surface area contributed by atoms with Crippen LogP contribution in [0.4, 0.5) is 14.9 Å². The number of benzene rings is 2. The van der Waals surface area contributed by atoms with Crippen LogP contribution < -0.4 is 10.6 Å². The number of hydrogen-bond donors (Lipinski definition) is 2. The molecule has 0 aromatic heterocycles. The summed E-state index contributed by atoms with van der Waals surface area (Å²) in [4.78, 5) is 23.3. The largest absolute Gasteiger partial charge is 0.337 e. The first-order valence-electron chi connectivity index (χ1n) is 7.90. The maximum Gasteiger partial charge on any atom is 0.319 e. The molecule has 1 fully saturated rings. The second-order valence-corrected chi connectivity index (χ2v) is 6.23. The average Bonchev–Trinajstić information content (AvgIpc) is 3.35. The van der Waals surface area contributed by atoms with Crippen molar-refractivity contribution in [1.82, 2.24) is 5.32 Å². The summed E-state index contributed by atoms with van der Waals surface area (Å²) >= 11 is 0. The fourth-order valence-corrected chi connectivity index (χ4v) is 2.73. The van der Waals surface area contributed by atoms with E-state index in [0.717, 1.165) is 18.4 Å². The van der Waals surface area contributed by atoms with E-state index >= 15 is 0 Å². The molecule has 0 heterocycles. The molecule has 124 valence electrons. The van der Waals surface area contributed by atoms with Gasteiger partial charge in [-0.15, -0.1) is 0 Å². The van der Waals surface area contributed by atoms with E-state index in [4.69, 9.17) is 0 Å². The summed E-state index contributed by atoms with van der Waals surface area (Å²) < 4.78 is 13.0. The molecule has 2 N–H and O–H groups in total. The van der Waals surface area contributed by atoms with Crippen LogP contribution >= 0.6 is 0 Å². The first-order valence-corrected chi connectivity index (χ1v) is 7.90. The maximum absolute atomic E-state index is 13.0. The number of hydrogen-bond acceptors (Lipinski definition) is 2. The molecule has 1 aliphatic rings. The van der Waals surface area contributed by atoms with Gasteiger partial charge in [0, 0.05) is 23.2 Å². The molecule has 2 amide bonds. The molecule has 3 rings (SSSR count). The van der Waals surface area contributed by atoms with Gasteiger partial charge in [-0.25, -0.2) is 9.18 Å². The highest BCUT2D eigenvalue weighted by Gasteiger charge is 2.44. The Labute approximate surface area is 140 Å². The normalized spacial score (nSPS) is 14.8. The Morgan fingerprint density at radius 3 is 2.21 bits per heavy atom. The van der Waals surface area contributed by atoms with E-state index < -0.39 is 0 Å². The van der Waals surface area contributed by atoms with Crippen molar-refractivity contribution in [3.63, 3.8) is 0 Å². The van der Waals surface area contributed by atoms with Crippen LogP contribution in [-0.2, 0) is 5.41 Å². The van der Waals surface area contributed by atoms with Crippen LogP contribution in [-0.4, -0.2) is 18.4 Å². The van der Waals surface area contributed by atoms with Crippen molar-refractivity contribution in [2.45, 2.75) is 25.2 Å². The smallest absolute Gasteiger partial charge is 0.319 e. The average molecular weight is 326 g/mol. The third-order valence-electron chi connectivity index (χ3n) is 4.45. The third kappa shape index (κ3) is 3.62. The second-order valence-electron chi connectivity index (χ2n) is 6.23. The summed E-state index contributed by atoms with van der Waals surface area (Å²) in [7, 11) is 0. The topological polar surface area (TPSA) is 58.2 Å². The van der Waals surface area contributed by atoms with E-state index in [1.807, 2.05) is 0 Å². The molecule has 4 nitrogen and oxygen atoms in total. The van der Waals surface area contributed by atoms with Crippen LogP contribution in [0.3, 0.4) is 0 Å². The molecule has 24 heavy (non-hydrogen) atoms. The van der Waals surface area contributed by atoms with Crippen LogP contribution in [0.5, 0.6) is 0 Å². The Morgan fingerprint density at radius 2 is 1.67 bits per heavy atom.